The maximum atomic E-state index is 13.0. The van der Waals surface area contributed by atoms with Gasteiger partial charge in [0.05, 0.1) is 12.2 Å². The topological polar surface area (TPSA) is 20.3 Å². The van der Waals surface area contributed by atoms with E-state index in [4.69, 9.17) is 0 Å². The van der Waals surface area contributed by atoms with Gasteiger partial charge in [0.15, 0.2) is 0 Å². The molecule has 0 aromatic heterocycles. The fraction of sp³-hybridized carbons (Fsp3) is 0.0385. The quantitative estimate of drug-likeness (QED) is 0.504. The van der Waals surface area contributed by atoms with E-state index < -0.39 is 0 Å². The molecule has 0 atom stereocenters. The number of hydrogen-bond donors (Lipinski definition) is 0. The Bertz CT molecular complexity index is 812. The summed E-state index contributed by atoms with van der Waals surface area (Å²) in [6, 6.07) is 18.1. The molecular weight excluding hydrogens is 398 g/mol. The zero-order valence-corrected chi connectivity index (χ0v) is 17.0. The van der Waals surface area contributed by atoms with Gasteiger partial charge < -0.3 is 4.90 Å². The number of amides is 1. The molecule has 1 amide bonds. The number of hydrogen-bond acceptors (Lipinski definition) is 1. The molecule has 2 aromatic rings. The number of fused-ring (bicyclic) bond motifs is 1. The van der Waals surface area contributed by atoms with Crippen LogP contribution in [-0.4, -0.2) is 5.91 Å². The van der Waals surface area contributed by atoms with Crippen LogP contribution in [0.25, 0.3) is 5.57 Å². The number of allylic oxidation sites excluding steroid dienone is 1. The Morgan fingerprint density at radius 2 is 1.31 bits per heavy atom. The van der Waals surface area contributed by atoms with E-state index in [2.05, 4.69) is 12.1 Å². The average molecular weight is 419 g/mol. The van der Waals surface area contributed by atoms with Crippen LogP contribution in [0.1, 0.15) is 11.1 Å². The van der Waals surface area contributed by atoms with Crippen LogP contribution in [0.4, 0.5) is 5.69 Å². The summed E-state index contributed by atoms with van der Waals surface area (Å²) in [7, 11) is 0. The molecule has 1 heterocycles. The number of benzene rings is 2. The van der Waals surface area contributed by atoms with E-state index in [0.717, 1.165) is 28.3 Å². The average Bonchev–Trinajstić information content (AvgIpc) is 3.50. The van der Waals surface area contributed by atoms with Gasteiger partial charge in [-0.05, 0) is 69.4 Å². The first-order valence-corrected chi connectivity index (χ1v) is 9.38. The number of para-hydroxylation sites is 1. The molecule has 0 spiro atoms. The summed E-state index contributed by atoms with van der Waals surface area (Å²) < 4.78 is 0. The normalized spacial score (nSPS) is 19.7. The van der Waals surface area contributed by atoms with E-state index in [1.165, 1.54) is 0 Å². The summed E-state index contributed by atoms with van der Waals surface area (Å²) in [4.78, 5) is 14.8. The van der Waals surface area contributed by atoms with Crippen molar-refractivity contribution < 1.29 is 21.9 Å². The first kappa shape index (κ1) is 21.9. The number of carbonyl (C=O) groups excluding carboxylic acids is 1. The van der Waals surface area contributed by atoms with Crippen molar-refractivity contribution >= 4 is 17.2 Å². The molecule has 5 rings (SSSR count). The van der Waals surface area contributed by atoms with Crippen LogP contribution in [0.5, 0.6) is 0 Å². The van der Waals surface area contributed by atoms with Gasteiger partial charge in [-0.15, -0.1) is 0 Å². The maximum absolute atomic E-state index is 13.0. The van der Waals surface area contributed by atoms with Crippen molar-refractivity contribution in [1.82, 2.24) is 0 Å². The van der Waals surface area contributed by atoms with Crippen molar-refractivity contribution in [2.75, 3.05) is 4.90 Å². The third-order valence-electron chi connectivity index (χ3n) is 4.70. The molecule has 3 heteroatoms. The van der Waals surface area contributed by atoms with Gasteiger partial charge in [-0.25, -0.2) is 0 Å². The first-order valence-electron chi connectivity index (χ1n) is 9.38. The minimum absolute atomic E-state index is 0. The molecule has 29 heavy (non-hydrogen) atoms. The molecule has 142 valence electrons. The van der Waals surface area contributed by atoms with Crippen LogP contribution < -0.4 is 4.90 Å². The molecule has 0 saturated heterocycles. The summed E-state index contributed by atoms with van der Waals surface area (Å²) in [5.41, 5.74) is 3.89. The number of carbonyl (C=O) groups is 1. The standard InChI is InChI=1S/C21H16NO.C5H5.Fe/c23-21-19(14-16-8-4-5-9-16)18-12-6-7-13-20(18)22(21)15-17-10-2-1-3-11-17;1-2-4-5-3-1;/h1-14H,15H2;1-5H;/q;;+2/b19-14-;;. The second-order valence-electron chi connectivity index (χ2n) is 6.63. The first-order chi connectivity index (χ1) is 13.8. The van der Waals surface area contributed by atoms with Crippen molar-refractivity contribution in [3.8, 4) is 0 Å². The zero-order valence-electron chi connectivity index (χ0n) is 15.9. The largest absolute Gasteiger partial charge is 2.00 e. The molecule has 0 unspecified atom stereocenters. The number of anilines is 1. The Balaban J connectivity index is 0.000000352. The van der Waals surface area contributed by atoms with E-state index >= 15 is 0 Å². The number of nitrogens with zero attached hydrogens (tertiary/aromatic N) is 1. The Labute approximate surface area is 185 Å². The van der Waals surface area contributed by atoms with E-state index in [0.29, 0.717) is 6.54 Å². The predicted octanol–water partition coefficient (Wildman–Crippen LogP) is 5.04. The fourth-order valence-corrected chi connectivity index (χ4v) is 3.34. The van der Waals surface area contributed by atoms with Gasteiger partial charge in [-0.2, -0.15) is 0 Å². The molecule has 2 saturated carbocycles. The second-order valence-corrected chi connectivity index (χ2v) is 6.63. The van der Waals surface area contributed by atoms with E-state index in [9.17, 15) is 4.79 Å². The van der Waals surface area contributed by atoms with Gasteiger partial charge in [0.25, 0.3) is 5.91 Å². The summed E-state index contributed by atoms with van der Waals surface area (Å²) in [6.45, 7) is 0.592. The Hall–Kier alpha value is -1.83. The summed E-state index contributed by atoms with van der Waals surface area (Å²) >= 11 is 0. The van der Waals surface area contributed by atoms with Crippen molar-refractivity contribution in [1.29, 1.82) is 0 Å². The fourth-order valence-electron chi connectivity index (χ4n) is 3.34. The smallest absolute Gasteiger partial charge is 0.303 e. The van der Waals surface area contributed by atoms with E-state index in [1.807, 2.05) is 111 Å². The van der Waals surface area contributed by atoms with E-state index in [1.54, 1.807) is 0 Å². The minimum Gasteiger partial charge on any atom is -0.303 e. The van der Waals surface area contributed by atoms with Crippen LogP contribution in [0, 0.1) is 63.7 Å². The third kappa shape index (κ3) is 5.41. The van der Waals surface area contributed by atoms with Crippen molar-refractivity contribution in [3.63, 3.8) is 0 Å². The Morgan fingerprint density at radius 3 is 1.97 bits per heavy atom. The second kappa shape index (κ2) is 10.8. The summed E-state index contributed by atoms with van der Waals surface area (Å²) in [6.07, 6.45) is 20.0. The molecule has 10 radical (unpaired) electrons. The Morgan fingerprint density at radius 1 is 0.724 bits per heavy atom. The third-order valence-corrected chi connectivity index (χ3v) is 4.70. The molecule has 2 fully saturated rings. The SMILES string of the molecule is O=C1/C(=C\[C]2[CH][CH][CH][CH]2)c2ccccc2N1Cc1ccccc1.[CH]1[CH][CH][CH][CH]1.[Fe+2]. The monoisotopic (exact) mass is 419 g/mol. The van der Waals surface area contributed by atoms with Crippen LogP contribution in [0.2, 0.25) is 0 Å². The Kier molecular flexibility index (Phi) is 8.15. The minimum atomic E-state index is 0. The van der Waals surface area contributed by atoms with Crippen LogP contribution in [0.15, 0.2) is 60.7 Å². The van der Waals surface area contributed by atoms with Crippen LogP contribution >= 0.6 is 0 Å². The van der Waals surface area contributed by atoms with Gasteiger partial charge >= 0.3 is 17.1 Å². The summed E-state index contributed by atoms with van der Waals surface area (Å²) in [5, 5.41) is 0. The van der Waals surface area contributed by atoms with E-state index in [-0.39, 0.29) is 23.0 Å². The van der Waals surface area contributed by atoms with Crippen LogP contribution in [0.3, 0.4) is 0 Å². The van der Waals surface area contributed by atoms with Gasteiger partial charge in [-0.1, -0.05) is 54.6 Å². The number of rotatable bonds is 3. The van der Waals surface area contributed by atoms with Crippen molar-refractivity contribution in [3.05, 3.63) is 136 Å². The van der Waals surface area contributed by atoms with Crippen LogP contribution in [-0.2, 0) is 28.4 Å². The predicted molar refractivity (Wildman–Crippen MR) is 114 cm³/mol. The molecule has 2 nitrogen and oxygen atoms in total. The maximum Gasteiger partial charge on any atom is 2.00 e. The summed E-state index contributed by atoms with van der Waals surface area (Å²) in [5.74, 6) is 1.13. The molecule has 0 bridgehead atoms. The van der Waals surface area contributed by atoms with Gasteiger partial charge in [-0.3, -0.25) is 4.79 Å². The van der Waals surface area contributed by atoms with Crippen molar-refractivity contribution in [2.24, 2.45) is 0 Å². The van der Waals surface area contributed by atoms with Gasteiger partial charge in [0, 0.05) is 17.1 Å². The molecular formula is C26H21FeNO+2. The van der Waals surface area contributed by atoms with Gasteiger partial charge in [0.2, 0.25) is 0 Å². The zero-order chi connectivity index (χ0) is 19.2. The molecule has 1 aliphatic heterocycles. The van der Waals surface area contributed by atoms with Crippen molar-refractivity contribution in [2.45, 2.75) is 6.54 Å². The van der Waals surface area contributed by atoms with Gasteiger partial charge in [0.1, 0.15) is 0 Å². The molecule has 2 aliphatic carbocycles. The molecule has 0 N–H and O–H groups in total. The molecule has 3 aliphatic rings. The molecule has 2 aromatic carbocycles.